The molecule has 0 aliphatic carbocycles. The number of ether oxygens (including phenoxy) is 2. The van der Waals surface area contributed by atoms with Crippen molar-refractivity contribution in [3.63, 3.8) is 0 Å². The number of terminal acetylenes is 1. The predicted octanol–water partition coefficient (Wildman–Crippen LogP) is 2.32. The number of rotatable bonds is 13. The van der Waals surface area contributed by atoms with Gasteiger partial charge in [0.2, 0.25) is 5.91 Å². The van der Waals surface area contributed by atoms with E-state index in [1.165, 1.54) is 41.2 Å². The molecule has 4 N–H and O–H groups in total. The fourth-order valence-electron chi connectivity index (χ4n) is 4.36. The summed E-state index contributed by atoms with van der Waals surface area (Å²) in [5.41, 5.74) is 6.78. The topological polar surface area (TPSA) is 130 Å². The maximum absolute atomic E-state index is 14.9. The summed E-state index contributed by atoms with van der Waals surface area (Å²) in [5.74, 6) is 1.15. The van der Waals surface area contributed by atoms with Crippen LogP contribution in [0.2, 0.25) is 0 Å². The third-order valence-electron chi connectivity index (χ3n) is 6.23. The minimum Gasteiger partial charge on any atom is -0.493 e. The van der Waals surface area contributed by atoms with Gasteiger partial charge in [0.25, 0.3) is 0 Å². The molecule has 2 heterocycles. The number of amides is 1. The molecular formula is C28H31F2N7O4. The van der Waals surface area contributed by atoms with Crippen molar-refractivity contribution in [1.29, 1.82) is 0 Å². The van der Waals surface area contributed by atoms with E-state index in [9.17, 15) is 18.7 Å². The minimum atomic E-state index is -1.03. The Morgan fingerprint density at radius 2 is 2.15 bits per heavy atom. The van der Waals surface area contributed by atoms with Crippen molar-refractivity contribution in [3.8, 4) is 23.8 Å². The molecule has 0 saturated carbocycles. The number of fused-ring (bicyclic) bond motifs is 1. The number of aliphatic hydroxyl groups is 1. The van der Waals surface area contributed by atoms with E-state index >= 15 is 0 Å². The number of nitrogens with two attached hydrogens (primary N) is 1. The highest BCUT2D eigenvalue weighted by Gasteiger charge is 2.29. The average molecular weight is 568 g/mol. The Morgan fingerprint density at radius 3 is 2.88 bits per heavy atom. The molecular weight excluding hydrogens is 536 g/mol. The Bertz CT molecular complexity index is 1450. The normalized spacial score (nSPS) is 13.6. The second-order valence-electron chi connectivity index (χ2n) is 9.09. The van der Waals surface area contributed by atoms with Crippen LogP contribution >= 0.6 is 0 Å². The molecule has 1 aromatic heterocycles. The third kappa shape index (κ3) is 7.10. The zero-order chi connectivity index (χ0) is 29.4. The van der Waals surface area contributed by atoms with Gasteiger partial charge < -0.3 is 30.5 Å². The highest BCUT2D eigenvalue weighted by Crippen LogP contribution is 2.38. The number of carbonyl (C=O) groups excluding carboxylic acids is 1. The SMILES string of the molecule is C#CCN(CCO)CCCOc1cc2c(cc1OC)C(=Nc1cnn(CC(N)=O)c1)N(c1cccc(F)c1F)CN2. The number of methoxy groups -OCH3 is 1. The molecule has 0 atom stereocenters. The number of aliphatic hydroxyl groups excluding tert-OH is 1. The van der Waals surface area contributed by atoms with Gasteiger partial charge in [0.1, 0.15) is 18.1 Å². The molecule has 1 amide bonds. The van der Waals surface area contributed by atoms with Gasteiger partial charge in [-0.3, -0.25) is 14.4 Å². The molecule has 0 saturated heterocycles. The molecule has 0 radical (unpaired) electrons. The number of halogens is 2. The first-order valence-corrected chi connectivity index (χ1v) is 12.8. The molecule has 0 bridgehead atoms. The van der Waals surface area contributed by atoms with E-state index in [1.807, 2.05) is 4.90 Å². The van der Waals surface area contributed by atoms with E-state index < -0.39 is 17.5 Å². The van der Waals surface area contributed by atoms with E-state index in [0.29, 0.717) is 66.9 Å². The van der Waals surface area contributed by atoms with Gasteiger partial charge in [-0.1, -0.05) is 12.0 Å². The van der Waals surface area contributed by atoms with Crippen LogP contribution in [0.3, 0.4) is 0 Å². The van der Waals surface area contributed by atoms with Crippen molar-refractivity contribution in [2.45, 2.75) is 13.0 Å². The van der Waals surface area contributed by atoms with Crippen molar-refractivity contribution in [3.05, 3.63) is 59.9 Å². The van der Waals surface area contributed by atoms with Crippen molar-refractivity contribution in [2.75, 3.05) is 56.8 Å². The molecule has 2 aromatic carbocycles. The van der Waals surface area contributed by atoms with Gasteiger partial charge in [-0.05, 0) is 24.6 Å². The predicted molar refractivity (Wildman–Crippen MR) is 150 cm³/mol. The van der Waals surface area contributed by atoms with Crippen LogP contribution < -0.4 is 25.4 Å². The Kier molecular flexibility index (Phi) is 9.73. The number of aliphatic imine (C=N–C) groups is 1. The fraction of sp³-hybridized carbons (Fsp3) is 0.321. The van der Waals surface area contributed by atoms with Crippen LogP contribution in [0.1, 0.15) is 12.0 Å². The van der Waals surface area contributed by atoms with Gasteiger partial charge in [-0.2, -0.15) is 5.10 Å². The summed E-state index contributed by atoms with van der Waals surface area (Å²) >= 11 is 0. The van der Waals surface area contributed by atoms with Crippen molar-refractivity contribution < 1.29 is 28.2 Å². The number of nitrogens with zero attached hydrogens (tertiary/aromatic N) is 5. The van der Waals surface area contributed by atoms with Crippen molar-refractivity contribution in [2.24, 2.45) is 10.7 Å². The van der Waals surface area contributed by atoms with E-state index in [0.717, 1.165) is 6.07 Å². The Morgan fingerprint density at radius 1 is 1.32 bits per heavy atom. The van der Waals surface area contributed by atoms with Crippen molar-refractivity contribution >= 4 is 28.8 Å². The van der Waals surface area contributed by atoms with Gasteiger partial charge in [-0.25, -0.2) is 13.8 Å². The van der Waals surface area contributed by atoms with Gasteiger partial charge >= 0.3 is 0 Å². The summed E-state index contributed by atoms with van der Waals surface area (Å²) < 4.78 is 42.0. The number of benzene rings is 2. The Labute approximate surface area is 236 Å². The molecule has 11 nitrogen and oxygen atoms in total. The molecule has 0 fully saturated rings. The molecule has 3 aromatic rings. The first-order valence-electron chi connectivity index (χ1n) is 12.8. The lowest BCUT2D eigenvalue weighted by molar-refractivity contribution is -0.118. The van der Waals surface area contributed by atoms with E-state index in [4.69, 9.17) is 26.6 Å². The van der Waals surface area contributed by atoms with E-state index in [-0.39, 0.29) is 25.5 Å². The summed E-state index contributed by atoms with van der Waals surface area (Å²) in [7, 11) is 1.50. The standard InChI is InChI=1S/C28H31F2N7O4/c1-3-8-35(10-11-38)9-5-12-41-25-14-22-20(13-24(25)40-2)28(34-19-15-33-36(16-19)17-26(31)39)37(18-32-22)23-7-4-6-21(29)27(23)30/h1,4,6-7,13-16,32,38H,5,8-12,17-18H2,2H3,(H2,31,39). The number of hydrogen-bond acceptors (Lipinski definition) is 8. The molecule has 4 rings (SSSR count). The quantitative estimate of drug-likeness (QED) is 0.212. The first-order chi connectivity index (χ1) is 19.8. The smallest absolute Gasteiger partial charge is 0.239 e. The average Bonchev–Trinajstić information content (AvgIpc) is 3.38. The maximum atomic E-state index is 14.9. The zero-order valence-corrected chi connectivity index (χ0v) is 22.5. The summed E-state index contributed by atoms with van der Waals surface area (Å²) in [5, 5.41) is 16.5. The largest absolute Gasteiger partial charge is 0.493 e. The number of aromatic nitrogens is 2. The molecule has 216 valence electrons. The van der Waals surface area contributed by atoms with Gasteiger partial charge in [0, 0.05) is 24.7 Å². The van der Waals surface area contributed by atoms with Gasteiger partial charge in [0.15, 0.2) is 23.1 Å². The second kappa shape index (κ2) is 13.6. The minimum absolute atomic E-state index is 0.0131. The number of carbonyl (C=O) groups is 1. The number of primary amides is 1. The van der Waals surface area contributed by atoms with E-state index in [2.05, 4.69) is 16.3 Å². The van der Waals surface area contributed by atoms with Gasteiger partial charge in [0.05, 0.1) is 57.3 Å². The van der Waals surface area contributed by atoms with Crippen LogP contribution in [0.25, 0.3) is 0 Å². The highest BCUT2D eigenvalue weighted by atomic mass is 19.2. The van der Waals surface area contributed by atoms with Crippen LogP contribution in [-0.4, -0.2) is 78.2 Å². The first kappa shape index (κ1) is 29.3. The van der Waals surface area contributed by atoms with Crippen molar-refractivity contribution in [1.82, 2.24) is 14.7 Å². The highest BCUT2D eigenvalue weighted by molar-refractivity contribution is 6.16. The van der Waals surface area contributed by atoms with Crippen LogP contribution in [0.4, 0.5) is 25.8 Å². The monoisotopic (exact) mass is 567 g/mol. The number of nitrogens with one attached hydrogen (secondary N) is 1. The lowest BCUT2D eigenvalue weighted by Crippen LogP contribution is -2.41. The summed E-state index contributed by atoms with van der Waals surface area (Å²) in [6.07, 6.45) is 9.01. The molecule has 13 heteroatoms. The molecule has 1 aliphatic rings. The third-order valence-corrected chi connectivity index (χ3v) is 6.23. The lowest BCUT2D eigenvalue weighted by atomic mass is 10.1. The number of amidine groups is 1. The Hall–Kier alpha value is -4.67. The summed E-state index contributed by atoms with van der Waals surface area (Å²) in [6, 6.07) is 7.36. The lowest BCUT2D eigenvalue weighted by Gasteiger charge is -2.33. The summed E-state index contributed by atoms with van der Waals surface area (Å²) in [6.45, 7) is 1.85. The number of anilines is 2. The van der Waals surface area contributed by atoms with Gasteiger partial charge in [-0.15, -0.1) is 6.42 Å². The summed E-state index contributed by atoms with van der Waals surface area (Å²) in [4.78, 5) is 19.4. The molecule has 41 heavy (non-hydrogen) atoms. The number of hydrogen-bond donors (Lipinski definition) is 3. The maximum Gasteiger partial charge on any atom is 0.239 e. The fourth-order valence-corrected chi connectivity index (χ4v) is 4.36. The second-order valence-corrected chi connectivity index (χ2v) is 9.09. The molecule has 0 unspecified atom stereocenters. The van der Waals surface area contributed by atoms with Crippen LogP contribution in [0, 0.1) is 24.0 Å². The molecule has 1 aliphatic heterocycles. The molecule has 0 spiro atoms. The zero-order valence-electron chi connectivity index (χ0n) is 22.5. The van der Waals surface area contributed by atoms with Crippen LogP contribution in [0.15, 0.2) is 47.7 Å². The Balaban J connectivity index is 1.66. The van der Waals surface area contributed by atoms with Crippen LogP contribution in [-0.2, 0) is 11.3 Å². The van der Waals surface area contributed by atoms with E-state index in [1.54, 1.807) is 12.1 Å². The van der Waals surface area contributed by atoms with Crippen LogP contribution in [0.5, 0.6) is 11.5 Å².